The molecule has 0 N–H and O–H groups in total. The van der Waals surface area contributed by atoms with E-state index >= 15 is 0 Å². The van der Waals surface area contributed by atoms with Crippen molar-refractivity contribution in [3.8, 4) is 0 Å². The Balaban J connectivity index is 2.03. The molecule has 28 heavy (non-hydrogen) atoms. The first-order chi connectivity index (χ1) is 13.2. The van der Waals surface area contributed by atoms with Gasteiger partial charge < -0.3 is 18.9 Å². The molecule has 2 rings (SSSR count). The Morgan fingerprint density at radius 2 is 1.93 bits per heavy atom. The van der Waals surface area contributed by atoms with E-state index in [9.17, 15) is 9.59 Å². The predicted octanol–water partition coefficient (Wildman–Crippen LogP) is 3.08. The maximum absolute atomic E-state index is 12.8. The van der Waals surface area contributed by atoms with Crippen LogP contribution in [0.3, 0.4) is 0 Å². The second-order valence-corrected chi connectivity index (χ2v) is 8.10. The van der Waals surface area contributed by atoms with Gasteiger partial charge in [-0.15, -0.1) is 0 Å². The number of rotatable bonds is 6. The first kappa shape index (κ1) is 22.5. The van der Waals surface area contributed by atoms with Crippen LogP contribution in [0.5, 0.6) is 0 Å². The number of methoxy groups -OCH3 is 1. The van der Waals surface area contributed by atoms with E-state index in [1.807, 2.05) is 45.0 Å². The third-order valence-corrected chi connectivity index (χ3v) is 4.38. The molecule has 0 radical (unpaired) electrons. The van der Waals surface area contributed by atoms with E-state index < -0.39 is 17.7 Å². The summed E-state index contributed by atoms with van der Waals surface area (Å²) in [7, 11) is 1.30. The van der Waals surface area contributed by atoms with Gasteiger partial charge in [-0.2, -0.15) is 0 Å². The van der Waals surface area contributed by atoms with Gasteiger partial charge in [0.25, 0.3) is 0 Å². The Bertz CT molecular complexity index is 658. The lowest BCUT2D eigenvalue weighted by Gasteiger charge is -2.40. The molecule has 1 amide bonds. The number of halogens is 1. The van der Waals surface area contributed by atoms with Gasteiger partial charge in [0.15, 0.2) is 0 Å². The standard InChI is InChI=1S/C20H28ClNO6/c1-20(2,3)28-19(24)22-10-17(12-26-13-18(23)25-4)27-11-16(22)9-14-5-7-15(21)8-6-14/h5-8,16-17H,9-13H2,1-4H3. The van der Waals surface area contributed by atoms with Crippen LogP contribution in [-0.4, -0.2) is 68.2 Å². The molecule has 7 nitrogen and oxygen atoms in total. The SMILES string of the molecule is COC(=O)COCC1CN(C(=O)OC(C)(C)C)C(Cc2ccc(Cl)cc2)CO1. The molecular formula is C20H28ClNO6. The van der Waals surface area contributed by atoms with Gasteiger partial charge in [0.05, 0.1) is 39.0 Å². The molecule has 0 aromatic heterocycles. The van der Waals surface area contributed by atoms with Crippen LogP contribution in [0, 0.1) is 0 Å². The number of ether oxygens (including phenoxy) is 4. The predicted molar refractivity (Wildman–Crippen MR) is 104 cm³/mol. The summed E-state index contributed by atoms with van der Waals surface area (Å²) in [5.41, 5.74) is 0.448. The molecule has 1 heterocycles. The number of hydrogen-bond acceptors (Lipinski definition) is 6. The Morgan fingerprint density at radius 3 is 2.54 bits per heavy atom. The van der Waals surface area contributed by atoms with Gasteiger partial charge in [-0.05, 0) is 44.9 Å². The van der Waals surface area contributed by atoms with Gasteiger partial charge >= 0.3 is 12.1 Å². The van der Waals surface area contributed by atoms with Crippen molar-refractivity contribution >= 4 is 23.7 Å². The fourth-order valence-corrected chi connectivity index (χ4v) is 2.92. The lowest BCUT2D eigenvalue weighted by molar-refractivity contribution is -0.149. The highest BCUT2D eigenvalue weighted by atomic mass is 35.5. The van der Waals surface area contributed by atoms with E-state index in [0.717, 1.165) is 5.56 Å². The quantitative estimate of drug-likeness (QED) is 0.667. The Labute approximate surface area is 170 Å². The Kier molecular flexibility index (Phi) is 8.10. The molecule has 0 spiro atoms. The smallest absolute Gasteiger partial charge is 0.410 e. The second kappa shape index (κ2) is 10.1. The minimum atomic E-state index is -0.600. The van der Waals surface area contributed by atoms with Crippen molar-refractivity contribution in [2.45, 2.75) is 44.9 Å². The Morgan fingerprint density at radius 1 is 1.25 bits per heavy atom. The van der Waals surface area contributed by atoms with Gasteiger partial charge in [-0.1, -0.05) is 23.7 Å². The van der Waals surface area contributed by atoms with E-state index in [-0.39, 0.29) is 25.4 Å². The third-order valence-electron chi connectivity index (χ3n) is 4.13. The minimum Gasteiger partial charge on any atom is -0.467 e. The summed E-state index contributed by atoms with van der Waals surface area (Å²) in [6.45, 7) is 6.17. The van der Waals surface area contributed by atoms with E-state index in [1.54, 1.807) is 4.90 Å². The van der Waals surface area contributed by atoms with Gasteiger partial charge in [0.1, 0.15) is 12.2 Å². The van der Waals surface area contributed by atoms with Crippen molar-refractivity contribution in [3.05, 3.63) is 34.9 Å². The molecule has 1 aliphatic rings. The average Bonchev–Trinajstić information content (AvgIpc) is 2.63. The molecule has 0 bridgehead atoms. The van der Waals surface area contributed by atoms with E-state index in [2.05, 4.69) is 4.74 Å². The average molecular weight is 414 g/mol. The largest absolute Gasteiger partial charge is 0.467 e. The first-order valence-corrected chi connectivity index (χ1v) is 9.56. The summed E-state index contributed by atoms with van der Waals surface area (Å²) in [4.78, 5) is 25.6. The molecule has 1 aliphatic heterocycles. The van der Waals surface area contributed by atoms with Crippen molar-refractivity contribution in [2.24, 2.45) is 0 Å². The lowest BCUT2D eigenvalue weighted by Crippen LogP contribution is -2.55. The summed E-state index contributed by atoms with van der Waals surface area (Å²) in [6.07, 6.45) is -0.127. The number of morpholine rings is 1. The maximum atomic E-state index is 12.8. The number of carbonyl (C=O) groups is 2. The zero-order chi connectivity index (χ0) is 20.7. The topological polar surface area (TPSA) is 74.3 Å². The molecule has 1 aromatic rings. The van der Waals surface area contributed by atoms with Crippen molar-refractivity contribution in [3.63, 3.8) is 0 Å². The maximum Gasteiger partial charge on any atom is 0.410 e. The Hall–Kier alpha value is -1.83. The van der Waals surface area contributed by atoms with Crippen LogP contribution in [0.2, 0.25) is 5.02 Å². The molecule has 1 fully saturated rings. The van der Waals surface area contributed by atoms with E-state index in [1.165, 1.54) is 7.11 Å². The third kappa shape index (κ3) is 7.30. The molecular weight excluding hydrogens is 386 g/mol. The number of esters is 1. The molecule has 0 aliphatic carbocycles. The van der Waals surface area contributed by atoms with Crippen molar-refractivity contribution in [1.82, 2.24) is 4.90 Å². The van der Waals surface area contributed by atoms with Gasteiger partial charge in [0.2, 0.25) is 0 Å². The fourth-order valence-electron chi connectivity index (χ4n) is 2.80. The number of benzene rings is 1. The summed E-state index contributed by atoms with van der Waals surface area (Å²) in [6, 6.07) is 7.33. The molecule has 1 aromatic carbocycles. The van der Waals surface area contributed by atoms with Crippen LogP contribution < -0.4 is 0 Å². The van der Waals surface area contributed by atoms with Crippen molar-refractivity contribution in [1.29, 1.82) is 0 Å². The monoisotopic (exact) mass is 413 g/mol. The van der Waals surface area contributed by atoms with Crippen LogP contribution in [0.4, 0.5) is 4.79 Å². The highest BCUT2D eigenvalue weighted by molar-refractivity contribution is 6.30. The number of hydrogen-bond donors (Lipinski definition) is 0. The molecule has 1 saturated heterocycles. The van der Waals surface area contributed by atoms with Crippen molar-refractivity contribution in [2.75, 3.05) is 33.5 Å². The minimum absolute atomic E-state index is 0.156. The summed E-state index contributed by atoms with van der Waals surface area (Å²) >= 11 is 5.95. The highest BCUT2D eigenvalue weighted by Gasteiger charge is 2.35. The van der Waals surface area contributed by atoms with Crippen molar-refractivity contribution < 1.29 is 28.5 Å². The first-order valence-electron chi connectivity index (χ1n) is 9.18. The number of amides is 1. The van der Waals surface area contributed by atoms with Gasteiger partial charge in [0, 0.05) is 5.02 Å². The van der Waals surface area contributed by atoms with Gasteiger partial charge in [-0.3, -0.25) is 4.90 Å². The van der Waals surface area contributed by atoms with Crippen LogP contribution in [0.25, 0.3) is 0 Å². The molecule has 2 unspecified atom stereocenters. The lowest BCUT2D eigenvalue weighted by atomic mass is 10.0. The molecule has 156 valence electrons. The molecule has 8 heteroatoms. The van der Waals surface area contributed by atoms with Crippen LogP contribution >= 0.6 is 11.6 Å². The number of nitrogens with zero attached hydrogens (tertiary/aromatic N) is 1. The zero-order valence-electron chi connectivity index (χ0n) is 16.8. The second-order valence-electron chi connectivity index (χ2n) is 7.66. The fraction of sp³-hybridized carbons (Fsp3) is 0.600. The highest BCUT2D eigenvalue weighted by Crippen LogP contribution is 2.21. The van der Waals surface area contributed by atoms with E-state index in [4.69, 9.17) is 25.8 Å². The van der Waals surface area contributed by atoms with Crippen LogP contribution in [0.15, 0.2) is 24.3 Å². The van der Waals surface area contributed by atoms with Crippen LogP contribution in [-0.2, 0) is 30.2 Å². The zero-order valence-corrected chi connectivity index (χ0v) is 17.5. The molecule has 0 saturated carbocycles. The van der Waals surface area contributed by atoms with Gasteiger partial charge in [-0.25, -0.2) is 9.59 Å². The summed E-state index contributed by atoms with van der Waals surface area (Å²) in [5.74, 6) is -0.458. The van der Waals surface area contributed by atoms with E-state index in [0.29, 0.717) is 24.6 Å². The summed E-state index contributed by atoms with van der Waals surface area (Å²) < 4.78 is 21.3. The summed E-state index contributed by atoms with van der Waals surface area (Å²) in [5, 5.41) is 0.662. The number of carbonyl (C=O) groups excluding carboxylic acids is 2. The normalized spacial score (nSPS) is 20.0. The molecule has 2 atom stereocenters. The van der Waals surface area contributed by atoms with Crippen LogP contribution in [0.1, 0.15) is 26.3 Å².